The van der Waals surface area contributed by atoms with Crippen LogP contribution in [-0.4, -0.2) is 52.1 Å². The topological polar surface area (TPSA) is 60.9 Å². The second kappa shape index (κ2) is 6.26. The molecule has 0 spiro atoms. The van der Waals surface area contributed by atoms with Gasteiger partial charge in [-0.25, -0.2) is 4.79 Å². The molecule has 2 fully saturated rings. The molecule has 1 heterocycles. The molecule has 1 aliphatic heterocycles. The molecule has 2 aliphatic rings. The van der Waals surface area contributed by atoms with Crippen LogP contribution in [0.4, 0.5) is 4.79 Å². The molecule has 0 aromatic heterocycles. The standard InChI is InChI=1S/C14H24N2O3/c1-2-3-8-15(11-6-7-11)14(19)16-9-4-5-12(16)10-13(17)18/h11-12H,2-10H2,1H3,(H,17,18). The van der Waals surface area contributed by atoms with Crippen LogP contribution in [-0.2, 0) is 4.79 Å². The molecule has 1 saturated carbocycles. The number of carbonyl (C=O) groups is 2. The van der Waals surface area contributed by atoms with Gasteiger partial charge in [-0.3, -0.25) is 4.79 Å². The highest BCUT2D eigenvalue weighted by Crippen LogP contribution is 2.30. The molecule has 0 radical (unpaired) electrons. The molecule has 0 bridgehead atoms. The molecule has 0 aromatic rings. The lowest BCUT2D eigenvalue weighted by atomic mass is 10.1. The van der Waals surface area contributed by atoms with Gasteiger partial charge in [0.05, 0.1) is 6.42 Å². The number of hydrogen-bond donors (Lipinski definition) is 1. The first-order valence-corrected chi connectivity index (χ1v) is 7.42. The minimum atomic E-state index is -0.809. The van der Waals surface area contributed by atoms with Crippen LogP contribution in [0.2, 0.25) is 0 Å². The van der Waals surface area contributed by atoms with Gasteiger partial charge in [0.15, 0.2) is 0 Å². The first-order valence-electron chi connectivity index (χ1n) is 7.42. The van der Waals surface area contributed by atoms with Crippen LogP contribution >= 0.6 is 0 Å². The molecule has 108 valence electrons. The van der Waals surface area contributed by atoms with Crippen molar-refractivity contribution in [2.75, 3.05) is 13.1 Å². The number of likely N-dealkylation sites (tertiary alicyclic amines) is 1. The summed E-state index contributed by atoms with van der Waals surface area (Å²) in [5.41, 5.74) is 0. The fourth-order valence-electron chi connectivity index (χ4n) is 2.82. The maximum absolute atomic E-state index is 12.6. The Balaban J connectivity index is 1.97. The van der Waals surface area contributed by atoms with E-state index in [-0.39, 0.29) is 18.5 Å². The minimum Gasteiger partial charge on any atom is -0.481 e. The van der Waals surface area contributed by atoms with Crippen molar-refractivity contribution in [3.63, 3.8) is 0 Å². The summed E-state index contributed by atoms with van der Waals surface area (Å²) in [5, 5.41) is 8.92. The summed E-state index contributed by atoms with van der Waals surface area (Å²) in [6.07, 6.45) is 6.15. The summed E-state index contributed by atoms with van der Waals surface area (Å²) < 4.78 is 0. The molecule has 0 aromatic carbocycles. The van der Waals surface area contributed by atoms with Gasteiger partial charge in [-0.2, -0.15) is 0 Å². The van der Waals surface area contributed by atoms with Crippen LogP contribution in [0.1, 0.15) is 51.9 Å². The summed E-state index contributed by atoms with van der Waals surface area (Å²) in [5.74, 6) is -0.809. The molecule has 19 heavy (non-hydrogen) atoms. The molecule has 1 aliphatic carbocycles. The number of aliphatic carboxylic acids is 1. The Kier molecular flexibility index (Phi) is 4.66. The fraction of sp³-hybridized carbons (Fsp3) is 0.857. The minimum absolute atomic E-state index is 0.0692. The third-order valence-electron chi connectivity index (χ3n) is 4.02. The summed E-state index contributed by atoms with van der Waals surface area (Å²) in [6, 6.07) is 0.373. The lowest BCUT2D eigenvalue weighted by Crippen LogP contribution is -2.47. The van der Waals surface area contributed by atoms with Crippen LogP contribution in [0, 0.1) is 0 Å². The Hall–Kier alpha value is -1.26. The van der Waals surface area contributed by atoms with Gasteiger partial charge in [0.25, 0.3) is 0 Å². The number of amides is 2. The first kappa shape index (κ1) is 14.2. The number of carboxylic acid groups (broad SMARTS) is 1. The lowest BCUT2D eigenvalue weighted by Gasteiger charge is -2.31. The molecule has 1 N–H and O–H groups in total. The van der Waals surface area contributed by atoms with E-state index in [1.54, 1.807) is 4.90 Å². The molecule has 5 heteroatoms. The van der Waals surface area contributed by atoms with E-state index >= 15 is 0 Å². The van der Waals surface area contributed by atoms with Gasteiger partial charge in [-0.15, -0.1) is 0 Å². The number of urea groups is 1. The van der Waals surface area contributed by atoms with E-state index in [4.69, 9.17) is 5.11 Å². The number of nitrogens with zero attached hydrogens (tertiary/aromatic N) is 2. The van der Waals surface area contributed by atoms with Crippen LogP contribution in [0.15, 0.2) is 0 Å². The Morgan fingerprint density at radius 1 is 1.32 bits per heavy atom. The normalized spacial score (nSPS) is 22.6. The van der Waals surface area contributed by atoms with Crippen molar-refractivity contribution in [3.8, 4) is 0 Å². The third-order valence-corrected chi connectivity index (χ3v) is 4.02. The van der Waals surface area contributed by atoms with Gasteiger partial charge in [0, 0.05) is 25.2 Å². The van der Waals surface area contributed by atoms with E-state index < -0.39 is 5.97 Å². The highest BCUT2D eigenvalue weighted by atomic mass is 16.4. The number of unbranched alkanes of at least 4 members (excludes halogenated alkanes) is 1. The van der Waals surface area contributed by atoms with Crippen molar-refractivity contribution >= 4 is 12.0 Å². The van der Waals surface area contributed by atoms with Crippen molar-refractivity contribution in [2.24, 2.45) is 0 Å². The second-order valence-corrected chi connectivity index (χ2v) is 5.65. The average molecular weight is 268 g/mol. The van der Waals surface area contributed by atoms with Gasteiger partial charge in [-0.05, 0) is 32.1 Å². The summed E-state index contributed by atoms with van der Waals surface area (Å²) >= 11 is 0. The highest BCUT2D eigenvalue weighted by molar-refractivity contribution is 5.77. The van der Waals surface area contributed by atoms with Gasteiger partial charge < -0.3 is 14.9 Å². The predicted molar refractivity (Wildman–Crippen MR) is 72.0 cm³/mol. The number of hydrogen-bond acceptors (Lipinski definition) is 2. The van der Waals surface area contributed by atoms with Crippen molar-refractivity contribution < 1.29 is 14.7 Å². The predicted octanol–water partition coefficient (Wildman–Crippen LogP) is 2.31. The SMILES string of the molecule is CCCCN(C(=O)N1CCCC1CC(=O)O)C1CC1. The summed E-state index contributed by atoms with van der Waals surface area (Å²) in [6.45, 7) is 3.65. The second-order valence-electron chi connectivity index (χ2n) is 5.65. The monoisotopic (exact) mass is 268 g/mol. The maximum Gasteiger partial charge on any atom is 0.320 e. The Bertz CT molecular complexity index is 342. The zero-order valence-corrected chi connectivity index (χ0v) is 11.7. The summed E-state index contributed by atoms with van der Waals surface area (Å²) in [7, 11) is 0. The molecule has 2 rings (SSSR count). The Morgan fingerprint density at radius 3 is 2.63 bits per heavy atom. The van der Waals surface area contributed by atoms with Crippen LogP contribution in [0.25, 0.3) is 0 Å². The van der Waals surface area contributed by atoms with Gasteiger partial charge in [0.1, 0.15) is 0 Å². The van der Waals surface area contributed by atoms with E-state index in [1.807, 2.05) is 4.90 Å². The van der Waals surface area contributed by atoms with E-state index in [2.05, 4.69) is 6.92 Å². The van der Waals surface area contributed by atoms with Gasteiger partial charge in [0.2, 0.25) is 0 Å². The Labute approximate surface area is 114 Å². The molecule has 1 unspecified atom stereocenters. The molecule has 2 amide bonds. The van der Waals surface area contributed by atoms with Crippen molar-refractivity contribution in [1.29, 1.82) is 0 Å². The van der Waals surface area contributed by atoms with Crippen molar-refractivity contribution in [3.05, 3.63) is 0 Å². The first-order chi connectivity index (χ1) is 9.13. The molecule has 1 saturated heterocycles. The van der Waals surface area contributed by atoms with Crippen molar-refractivity contribution in [1.82, 2.24) is 9.80 Å². The smallest absolute Gasteiger partial charge is 0.320 e. The zero-order chi connectivity index (χ0) is 13.8. The quantitative estimate of drug-likeness (QED) is 0.804. The fourth-order valence-corrected chi connectivity index (χ4v) is 2.82. The van der Waals surface area contributed by atoms with E-state index in [0.717, 1.165) is 45.1 Å². The van der Waals surface area contributed by atoms with Crippen LogP contribution in [0.3, 0.4) is 0 Å². The number of carboxylic acids is 1. The van der Waals surface area contributed by atoms with E-state index in [0.29, 0.717) is 12.6 Å². The van der Waals surface area contributed by atoms with Crippen LogP contribution in [0.5, 0.6) is 0 Å². The van der Waals surface area contributed by atoms with Crippen LogP contribution < -0.4 is 0 Å². The number of rotatable bonds is 6. The maximum atomic E-state index is 12.6. The average Bonchev–Trinajstić information content (AvgIpc) is 3.09. The van der Waals surface area contributed by atoms with Crippen molar-refractivity contribution in [2.45, 2.75) is 64.0 Å². The molecule has 5 nitrogen and oxygen atoms in total. The third kappa shape index (κ3) is 3.61. The lowest BCUT2D eigenvalue weighted by molar-refractivity contribution is -0.138. The molecular formula is C14H24N2O3. The van der Waals surface area contributed by atoms with E-state index in [1.165, 1.54) is 0 Å². The zero-order valence-electron chi connectivity index (χ0n) is 11.7. The molecular weight excluding hydrogens is 244 g/mol. The van der Waals surface area contributed by atoms with Gasteiger partial charge >= 0.3 is 12.0 Å². The largest absolute Gasteiger partial charge is 0.481 e. The van der Waals surface area contributed by atoms with E-state index in [9.17, 15) is 9.59 Å². The molecule has 1 atom stereocenters. The Morgan fingerprint density at radius 2 is 2.05 bits per heavy atom. The summed E-state index contributed by atoms with van der Waals surface area (Å²) in [4.78, 5) is 27.2. The highest BCUT2D eigenvalue weighted by Gasteiger charge is 2.38. The number of carbonyl (C=O) groups excluding carboxylic acids is 1. The van der Waals surface area contributed by atoms with Gasteiger partial charge in [-0.1, -0.05) is 13.3 Å².